The van der Waals surface area contributed by atoms with Gasteiger partial charge >= 0.3 is 7.82 Å². The summed E-state index contributed by atoms with van der Waals surface area (Å²) in [4.78, 5) is 8.96. The summed E-state index contributed by atoms with van der Waals surface area (Å²) >= 11 is 0. The van der Waals surface area contributed by atoms with Crippen LogP contribution in [0.5, 0.6) is 0 Å². The number of hydrogen-bond donors (Lipinski definition) is 5. The molecule has 1 saturated carbocycles. The van der Waals surface area contributed by atoms with Gasteiger partial charge in [-0.3, -0.25) is 9.05 Å². The zero-order valence-corrected chi connectivity index (χ0v) is 8.27. The Kier molecular flexibility index (Phi) is 2.65. The number of phosphoric ester groups is 1. The van der Waals surface area contributed by atoms with Crippen LogP contribution >= 0.6 is 7.82 Å². The van der Waals surface area contributed by atoms with E-state index in [1.807, 2.05) is 0 Å². The lowest BCUT2D eigenvalue weighted by Crippen LogP contribution is -2.62. The molecular weight excluding hydrogens is 231 g/mol. The minimum Gasteiger partial charge on any atom is -0.387 e. The first-order chi connectivity index (χ1) is 6.83. The minimum atomic E-state index is -4.32. The van der Waals surface area contributed by atoms with Crippen molar-refractivity contribution in [3.05, 3.63) is 0 Å². The molecule has 1 heterocycles. The summed E-state index contributed by atoms with van der Waals surface area (Å²) in [5.74, 6) is 0. The van der Waals surface area contributed by atoms with Gasteiger partial charge in [-0.1, -0.05) is 0 Å². The van der Waals surface area contributed by atoms with Crippen molar-refractivity contribution in [2.75, 3.05) is 0 Å². The van der Waals surface area contributed by atoms with Gasteiger partial charge in [-0.15, -0.1) is 0 Å². The second kappa shape index (κ2) is 3.47. The highest BCUT2D eigenvalue weighted by Crippen LogP contribution is 2.55. The lowest BCUT2D eigenvalue weighted by Gasteiger charge is -2.38. The molecule has 0 spiro atoms. The molecule has 1 unspecified atom stereocenters. The molecule has 0 aromatic heterocycles. The molecule has 1 aliphatic heterocycles. The number of aliphatic hydroxyl groups is 4. The Bertz CT molecular complexity index is 282. The molecule has 0 amide bonds. The van der Waals surface area contributed by atoms with Crippen LogP contribution in [0.4, 0.5) is 0 Å². The maximum Gasteiger partial charge on any atom is 0.473 e. The van der Waals surface area contributed by atoms with Crippen LogP contribution in [0.1, 0.15) is 0 Å². The third-order valence-corrected chi connectivity index (χ3v) is 3.58. The van der Waals surface area contributed by atoms with E-state index >= 15 is 0 Å². The van der Waals surface area contributed by atoms with Gasteiger partial charge in [-0.2, -0.15) is 0 Å². The van der Waals surface area contributed by atoms with E-state index in [1.165, 1.54) is 0 Å². The largest absolute Gasteiger partial charge is 0.473 e. The van der Waals surface area contributed by atoms with E-state index < -0.39 is 44.4 Å². The van der Waals surface area contributed by atoms with Gasteiger partial charge in [0.25, 0.3) is 0 Å². The lowest BCUT2D eigenvalue weighted by atomic mass is 9.85. The molecule has 15 heavy (non-hydrogen) atoms. The summed E-state index contributed by atoms with van der Waals surface area (Å²) in [6, 6.07) is 0. The van der Waals surface area contributed by atoms with E-state index in [-0.39, 0.29) is 0 Å². The summed E-state index contributed by atoms with van der Waals surface area (Å²) in [7, 11) is -4.32. The number of rotatable bonds is 0. The van der Waals surface area contributed by atoms with Crippen molar-refractivity contribution in [3.63, 3.8) is 0 Å². The molecule has 2 aliphatic rings. The Hall–Kier alpha value is -0.0500. The predicted octanol–water partition coefficient (Wildman–Crippen LogP) is -2.67. The predicted molar refractivity (Wildman–Crippen MR) is 43.6 cm³/mol. The maximum absolute atomic E-state index is 11.0. The third-order valence-electron chi connectivity index (χ3n) is 2.56. The van der Waals surface area contributed by atoms with Crippen LogP contribution in [0.25, 0.3) is 0 Å². The lowest BCUT2D eigenvalue weighted by molar-refractivity contribution is -0.192. The van der Waals surface area contributed by atoms with Crippen molar-refractivity contribution in [2.45, 2.75) is 36.6 Å². The quantitative estimate of drug-likeness (QED) is 0.290. The van der Waals surface area contributed by atoms with Crippen LogP contribution in [-0.2, 0) is 13.6 Å². The third kappa shape index (κ3) is 1.73. The molecule has 2 rings (SSSR count). The van der Waals surface area contributed by atoms with Crippen molar-refractivity contribution in [1.29, 1.82) is 0 Å². The SMILES string of the molecule is O=P1(O)O[C@@H]2[C@H](O)[C@H](O)[C@@H](O)[C@H](O)[C@H]2O1. The summed E-state index contributed by atoms with van der Waals surface area (Å²) in [6.07, 6.45) is -9.12. The Labute approximate surface area is 84.3 Å². The smallest absolute Gasteiger partial charge is 0.387 e. The molecule has 0 radical (unpaired) electrons. The zero-order chi connectivity index (χ0) is 11.4. The minimum absolute atomic E-state index is 1.32. The number of aliphatic hydroxyl groups excluding tert-OH is 4. The second-order valence-electron chi connectivity index (χ2n) is 3.57. The Morgan fingerprint density at radius 2 is 1.13 bits per heavy atom. The van der Waals surface area contributed by atoms with Crippen molar-refractivity contribution < 1.29 is 38.9 Å². The molecule has 8 nitrogen and oxygen atoms in total. The molecule has 0 aromatic rings. The average molecular weight is 242 g/mol. The standard InChI is InChI=1S/C6H11O8P/c7-1-2(8)4(10)6-5(3(1)9)13-15(11,12)14-6/h1-10H,(H,11,12)/t1-,2-,3-,4+,5-,6-/m1/s1. The first-order valence-electron chi connectivity index (χ1n) is 4.25. The monoisotopic (exact) mass is 242 g/mol. The Morgan fingerprint density at radius 1 is 0.800 bits per heavy atom. The molecule has 1 aliphatic carbocycles. The van der Waals surface area contributed by atoms with Crippen LogP contribution in [0.3, 0.4) is 0 Å². The van der Waals surface area contributed by atoms with Crippen molar-refractivity contribution in [3.8, 4) is 0 Å². The van der Waals surface area contributed by atoms with Gasteiger partial charge in [0.15, 0.2) is 0 Å². The van der Waals surface area contributed by atoms with Crippen molar-refractivity contribution >= 4 is 7.82 Å². The molecule has 0 bridgehead atoms. The highest BCUT2D eigenvalue weighted by Gasteiger charge is 2.58. The fourth-order valence-electron chi connectivity index (χ4n) is 1.76. The van der Waals surface area contributed by atoms with Gasteiger partial charge in [0.1, 0.15) is 36.6 Å². The van der Waals surface area contributed by atoms with Gasteiger partial charge in [0.2, 0.25) is 0 Å². The summed E-state index contributed by atoms with van der Waals surface area (Å²) < 4.78 is 19.9. The second-order valence-corrected chi connectivity index (χ2v) is 4.93. The molecule has 5 N–H and O–H groups in total. The van der Waals surface area contributed by atoms with E-state index in [0.717, 1.165) is 0 Å². The van der Waals surface area contributed by atoms with Crippen molar-refractivity contribution in [1.82, 2.24) is 0 Å². The Morgan fingerprint density at radius 3 is 1.47 bits per heavy atom. The highest BCUT2D eigenvalue weighted by molar-refractivity contribution is 7.47. The Balaban J connectivity index is 2.27. The van der Waals surface area contributed by atoms with Gasteiger partial charge in [-0.25, -0.2) is 4.57 Å². The van der Waals surface area contributed by atoms with E-state index in [2.05, 4.69) is 9.05 Å². The van der Waals surface area contributed by atoms with E-state index in [4.69, 9.17) is 4.89 Å². The van der Waals surface area contributed by atoms with Crippen LogP contribution in [0.15, 0.2) is 0 Å². The number of hydrogen-bond acceptors (Lipinski definition) is 7. The molecule has 88 valence electrons. The average Bonchev–Trinajstić information content (AvgIpc) is 2.48. The fraction of sp³-hybridized carbons (Fsp3) is 1.00. The van der Waals surface area contributed by atoms with Crippen LogP contribution < -0.4 is 0 Å². The van der Waals surface area contributed by atoms with Crippen molar-refractivity contribution in [2.24, 2.45) is 0 Å². The molecular formula is C6H11O8P. The van der Waals surface area contributed by atoms with Crippen LogP contribution in [0, 0.1) is 0 Å². The topological polar surface area (TPSA) is 137 Å². The molecule has 0 aromatic carbocycles. The number of fused-ring (bicyclic) bond motifs is 1. The summed E-state index contributed by atoms with van der Waals surface area (Å²) in [5, 5.41) is 37.4. The zero-order valence-electron chi connectivity index (χ0n) is 7.37. The normalized spacial score (nSPS) is 60.3. The van der Waals surface area contributed by atoms with Gasteiger partial charge in [0.05, 0.1) is 0 Å². The van der Waals surface area contributed by atoms with Gasteiger partial charge < -0.3 is 25.3 Å². The molecule has 2 fully saturated rings. The molecule has 7 atom stereocenters. The van der Waals surface area contributed by atoms with E-state index in [9.17, 15) is 25.0 Å². The maximum atomic E-state index is 11.0. The fourth-order valence-corrected chi connectivity index (χ4v) is 2.91. The number of phosphoric acid groups is 1. The molecule has 1 saturated heterocycles. The highest BCUT2D eigenvalue weighted by atomic mass is 31.2. The van der Waals surface area contributed by atoms with Gasteiger partial charge in [0, 0.05) is 0 Å². The van der Waals surface area contributed by atoms with Crippen LogP contribution in [0.2, 0.25) is 0 Å². The van der Waals surface area contributed by atoms with E-state index in [1.54, 1.807) is 0 Å². The van der Waals surface area contributed by atoms with Crippen LogP contribution in [-0.4, -0.2) is 61.9 Å². The first-order valence-corrected chi connectivity index (χ1v) is 5.75. The summed E-state index contributed by atoms with van der Waals surface area (Å²) in [5.41, 5.74) is 0. The van der Waals surface area contributed by atoms with Gasteiger partial charge in [-0.05, 0) is 0 Å². The van der Waals surface area contributed by atoms with E-state index in [0.29, 0.717) is 0 Å². The summed E-state index contributed by atoms with van der Waals surface area (Å²) in [6.45, 7) is 0. The first kappa shape index (κ1) is 11.4. The molecule has 9 heteroatoms.